The molecule has 0 aliphatic carbocycles. The number of hydrogen-bond donors (Lipinski definition) is 6. The largest absolute Gasteiger partial charge is 0.454 e. The molecule has 11 nitrogen and oxygen atoms in total. The summed E-state index contributed by atoms with van der Waals surface area (Å²) in [5.74, 6) is -1.22. The average Bonchev–Trinajstić information content (AvgIpc) is 2.25. The number of unbranched alkanes of at least 4 members (excludes halogenated alkanes) is 33. The molecule has 0 spiro atoms. The van der Waals surface area contributed by atoms with Crippen molar-refractivity contribution in [2.45, 2.75) is 359 Å². The Kier molecular flexibility index (Phi) is 58.9. The lowest BCUT2D eigenvalue weighted by atomic mass is 9.99. The van der Waals surface area contributed by atoms with E-state index in [-0.39, 0.29) is 19.4 Å². The smallest absolute Gasteiger partial charge is 0.306 e. The molecule has 0 aromatic heterocycles. The molecule has 8 atom stereocenters. The van der Waals surface area contributed by atoms with E-state index in [2.05, 4.69) is 111 Å². The van der Waals surface area contributed by atoms with Gasteiger partial charge in [0.05, 0.1) is 25.4 Å². The molecular weight excluding hydrogens is 1090 g/mol. The number of carbonyl (C=O) groups excluding carboxylic acids is 2. The highest BCUT2D eigenvalue weighted by molar-refractivity contribution is 5.80. The van der Waals surface area contributed by atoms with E-state index in [9.17, 15) is 35.1 Å². The molecule has 502 valence electrons. The summed E-state index contributed by atoms with van der Waals surface area (Å²) >= 11 is 0. The molecule has 0 aromatic rings. The van der Waals surface area contributed by atoms with Gasteiger partial charge in [0.15, 0.2) is 12.4 Å². The fourth-order valence-corrected chi connectivity index (χ4v) is 10.8. The van der Waals surface area contributed by atoms with Crippen molar-refractivity contribution in [3.8, 4) is 0 Å². The predicted octanol–water partition coefficient (Wildman–Crippen LogP) is 18.6. The summed E-state index contributed by atoms with van der Waals surface area (Å²) in [6.07, 6.45) is 74.4. The molecule has 0 bridgehead atoms. The molecule has 8 unspecified atom stereocenters. The second kappa shape index (κ2) is 62.8. The first-order chi connectivity index (χ1) is 42.7. The van der Waals surface area contributed by atoms with Crippen LogP contribution < -0.4 is 5.32 Å². The quantitative estimate of drug-likeness (QED) is 0.0195. The second-order valence-corrected chi connectivity index (χ2v) is 24.6. The lowest BCUT2D eigenvalue weighted by molar-refractivity contribution is -0.305. The Balaban J connectivity index is 2.62. The minimum atomic E-state index is -1.62. The summed E-state index contributed by atoms with van der Waals surface area (Å²) in [6.45, 7) is 5.69. The summed E-state index contributed by atoms with van der Waals surface area (Å²) in [4.78, 5) is 26.7. The van der Waals surface area contributed by atoms with E-state index in [1.54, 1.807) is 6.08 Å². The fraction of sp³-hybridized carbons (Fsp3) is 0.763. The number of rotatable bonds is 61. The molecular formula is C76H133NO10. The Hall–Kier alpha value is -3.42. The third-order valence-corrected chi connectivity index (χ3v) is 16.5. The Labute approximate surface area is 533 Å². The van der Waals surface area contributed by atoms with Crippen molar-refractivity contribution in [2.24, 2.45) is 0 Å². The minimum Gasteiger partial charge on any atom is -0.454 e. The number of amides is 1. The Morgan fingerprint density at radius 1 is 0.460 bits per heavy atom. The second-order valence-electron chi connectivity index (χ2n) is 24.6. The molecule has 1 amide bonds. The monoisotopic (exact) mass is 1220 g/mol. The zero-order valence-corrected chi connectivity index (χ0v) is 55.9. The molecule has 0 saturated carbocycles. The van der Waals surface area contributed by atoms with Crippen molar-refractivity contribution in [1.29, 1.82) is 0 Å². The molecule has 11 heteroatoms. The van der Waals surface area contributed by atoms with Gasteiger partial charge in [-0.25, -0.2) is 0 Å². The normalized spacial score (nSPS) is 18.8. The molecule has 0 radical (unpaired) electrons. The molecule has 1 rings (SSSR count). The number of allylic oxidation sites excluding steroid dienone is 15. The van der Waals surface area contributed by atoms with Crippen LogP contribution in [0.4, 0.5) is 0 Å². The predicted molar refractivity (Wildman–Crippen MR) is 365 cm³/mol. The lowest BCUT2D eigenvalue weighted by Crippen LogP contribution is -2.61. The van der Waals surface area contributed by atoms with Crippen LogP contribution in [0.15, 0.2) is 97.2 Å². The van der Waals surface area contributed by atoms with Gasteiger partial charge in [-0.2, -0.15) is 0 Å². The number of nitrogens with one attached hydrogen (secondary N) is 1. The number of ether oxygens (including phenoxy) is 3. The number of aliphatic hydroxyl groups is 5. The third-order valence-electron chi connectivity index (χ3n) is 16.5. The van der Waals surface area contributed by atoms with Crippen LogP contribution in [-0.2, 0) is 23.8 Å². The summed E-state index contributed by atoms with van der Waals surface area (Å²) < 4.78 is 17.7. The topological polar surface area (TPSA) is 175 Å². The molecule has 1 fully saturated rings. The molecule has 1 aliphatic heterocycles. The Bertz CT molecular complexity index is 1790. The van der Waals surface area contributed by atoms with E-state index in [0.717, 1.165) is 96.3 Å². The van der Waals surface area contributed by atoms with Crippen molar-refractivity contribution in [1.82, 2.24) is 5.32 Å². The van der Waals surface area contributed by atoms with E-state index >= 15 is 0 Å². The van der Waals surface area contributed by atoms with Gasteiger partial charge < -0.3 is 45.1 Å². The Morgan fingerprint density at radius 2 is 0.828 bits per heavy atom. The zero-order chi connectivity index (χ0) is 63.1. The average molecular weight is 1220 g/mol. The molecule has 1 heterocycles. The van der Waals surface area contributed by atoms with E-state index in [1.165, 1.54) is 167 Å². The fourth-order valence-electron chi connectivity index (χ4n) is 10.8. The molecule has 0 aromatic carbocycles. The van der Waals surface area contributed by atoms with E-state index in [1.807, 2.05) is 6.08 Å². The number of carbonyl (C=O) groups is 2. The van der Waals surface area contributed by atoms with Gasteiger partial charge in [-0.05, 0) is 103 Å². The maximum Gasteiger partial charge on any atom is 0.306 e. The van der Waals surface area contributed by atoms with Gasteiger partial charge in [0.1, 0.15) is 24.4 Å². The first kappa shape index (κ1) is 81.6. The zero-order valence-electron chi connectivity index (χ0n) is 55.9. The van der Waals surface area contributed by atoms with Crippen molar-refractivity contribution < 1.29 is 49.3 Å². The van der Waals surface area contributed by atoms with E-state index in [4.69, 9.17) is 14.2 Å². The van der Waals surface area contributed by atoms with E-state index in [0.29, 0.717) is 12.8 Å². The number of aliphatic hydroxyl groups excluding tert-OH is 5. The summed E-state index contributed by atoms with van der Waals surface area (Å²) in [7, 11) is 0. The highest BCUT2D eigenvalue weighted by Gasteiger charge is 2.47. The molecule has 87 heavy (non-hydrogen) atoms. The van der Waals surface area contributed by atoms with Crippen molar-refractivity contribution in [3.05, 3.63) is 97.2 Å². The maximum absolute atomic E-state index is 13.5. The van der Waals surface area contributed by atoms with Crippen LogP contribution in [0, 0.1) is 0 Å². The number of hydrogen-bond acceptors (Lipinski definition) is 10. The molecule has 6 N–H and O–H groups in total. The van der Waals surface area contributed by atoms with Crippen molar-refractivity contribution in [2.75, 3.05) is 13.2 Å². The third kappa shape index (κ3) is 50.0. The number of esters is 1. The van der Waals surface area contributed by atoms with Gasteiger partial charge in [-0.3, -0.25) is 9.59 Å². The summed E-state index contributed by atoms with van der Waals surface area (Å²) in [5, 5.41) is 57.3. The molecule has 1 saturated heterocycles. The molecule has 1 aliphatic rings. The van der Waals surface area contributed by atoms with Gasteiger partial charge in [0.2, 0.25) is 5.91 Å². The first-order valence-corrected chi connectivity index (χ1v) is 36.0. The highest BCUT2D eigenvalue weighted by atomic mass is 16.7. The SMILES string of the molecule is CC/C=C\C/C=C\C/C=C\C/C=C\C/C=C\C/C=C\CCCCCC(O)C(=O)NC(COC1OC(CO)C(O)C(O)C1OC(=O)CCCCCCCCCCCCCCC/C=C/CCCCCCCC)C(O)/C=C/CCCCCCCCCCCCC. The standard InChI is InChI=1S/C76H133NO10/c1-4-7-10-13-16-19-22-25-27-29-31-33-35-37-39-41-43-46-49-52-55-58-61-64-71(81)87-74-73(83)72(82)70(65-78)86-76(74)85-66-67(68(79)62-59-56-53-50-47-44-24-21-18-15-12-9-6-3)77-75(84)69(80)63-60-57-54-51-48-45-42-40-38-36-34-32-30-28-26-23-20-17-14-11-8-5-2/h8,11,17,20,25-28,32,34,38,40,45,48,59,62,67-70,72-74,76,78-80,82-83H,4-7,9-10,12-16,18-19,21-24,29-31,33,35-37,39,41-44,46-47,49-58,60-61,63-66H2,1-3H3,(H,77,84)/b11-8-,20-17-,27-25+,28-26-,34-32-,40-38-,48-45-,62-59+. The van der Waals surface area contributed by atoms with Crippen molar-refractivity contribution in [3.63, 3.8) is 0 Å². The van der Waals surface area contributed by atoms with Crippen LogP contribution >= 0.6 is 0 Å². The maximum atomic E-state index is 13.5. The van der Waals surface area contributed by atoms with E-state index < -0.39 is 67.4 Å². The highest BCUT2D eigenvalue weighted by Crippen LogP contribution is 2.26. The minimum absolute atomic E-state index is 0.118. The lowest BCUT2D eigenvalue weighted by Gasteiger charge is -2.41. The summed E-state index contributed by atoms with van der Waals surface area (Å²) in [6, 6.07) is -1.04. The Morgan fingerprint density at radius 3 is 1.25 bits per heavy atom. The first-order valence-electron chi connectivity index (χ1n) is 36.0. The summed E-state index contributed by atoms with van der Waals surface area (Å²) in [5.41, 5.74) is 0. The van der Waals surface area contributed by atoms with Crippen LogP contribution in [0.5, 0.6) is 0 Å². The van der Waals surface area contributed by atoms with Crippen LogP contribution in [0.1, 0.15) is 310 Å². The van der Waals surface area contributed by atoms with Crippen molar-refractivity contribution >= 4 is 11.9 Å². The van der Waals surface area contributed by atoms with Crippen LogP contribution in [0.3, 0.4) is 0 Å². The van der Waals surface area contributed by atoms with Gasteiger partial charge in [-0.15, -0.1) is 0 Å². The van der Waals surface area contributed by atoms with Gasteiger partial charge in [-0.1, -0.05) is 298 Å². The van der Waals surface area contributed by atoms with Crippen LogP contribution in [0.25, 0.3) is 0 Å². The van der Waals surface area contributed by atoms with Gasteiger partial charge in [0, 0.05) is 6.42 Å². The van der Waals surface area contributed by atoms with Gasteiger partial charge in [0.25, 0.3) is 0 Å². The van der Waals surface area contributed by atoms with Crippen LogP contribution in [0.2, 0.25) is 0 Å². The van der Waals surface area contributed by atoms with Gasteiger partial charge >= 0.3 is 5.97 Å². The van der Waals surface area contributed by atoms with Crippen LogP contribution in [-0.4, -0.2) is 99.6 Å².